The minimum atomic E-state index is -3.11. The van der Waals surface area contributed by atoms with E-state index in [-0.39, 0.29) is 6.42 Å². The van der Waals surface area contributed by atoms with Gasteiger partial charge in [0.25, 0.3) is 0 Å². The van der Waals surface area contributed by atoms with Gasteiger partial charge in [0.1, 0.15) is 0 Å². The Balaban J connectivity index is 2.67. The fourth-order valence-corrected chi connectivity index (χ4v) is 2.63. The molecule has 0 aromatic heterocycles. The molecule has 3 heteroatoms. The summed E-state index contributed by atoms with van der Waals surface area (Å²) in [6.45, 7) is 5.45. The van der Waals surface area contributed by atoms with Crippen molar-refractivity contribution in [2.75, 3.05) is 0 Å². The normalized spacial score (nSPS) is 32.7. The fraction of sp³-hybridized carbons (Fsp3) is 0.917. The van der Waals surface area contributed by atoms with Crippen molar-refractivity contribution < 1.29 is 13.6 Å². The van der Waals surface area contributed by atoms with Gasteiger partial charge in [-0.05, 0) is 31.1 Å². The Morgan fingerprint density at radius 2 is 1.67 bits per heavy atom. The van der Waals surface area contributed by atoms with Crippen LogP contribution < -0.4 is 0 Å². The predicted molar refractivity (Wildman–Crippen MR) is 55.9 cm³/mol. The number of hydrogen-bond donors (Lipinski definition) is 0. The highest BCUT2D eigenvalue weighted by atomic mass is 19.3. The molecule has 15 heavy (non-hydrogen) atoms. The minimum absolute atomic E-state index is 0.370. The lowest BCUT2D eigenvalue weighted by Gasteiger charge is -2.32. The topological polar surface area (TPSA) is 17.1 Å². The molecule has 1 aliphatic carbocycles. The predicted octanol–water partition coefficient (Wildman–Crippen LogP) is 3.67. The smallest absolute Gasteiger partial charge is 0.293 e. The van der Waals surface area contributed by atoms with Gasteiger partial charge in [-0.3, -0.25) is 4.79 Å². The highest BCUT2D eigenvalue weighted by Crippen LogP contribution is 2.37. The van der Waals surface area contributed by atoms with Gasteiger partial charge in [0.2, 0.25) is 5.78 Å². The van der Waals surface area contributed by atoms with Crippen molar-refractivity contribution in [3.8, 4) is 0 Å². The van der Waals surface area contributed by atoms with E-state index >= 15 is 0 Å². The second-order valence-electron chi connectivity index (χ2n) is 5.04. The summed E-state index contributed by atoms with van der Waals surface area (Å²) in [5, 5.41) is 0. The summed E-state index contributed by atoms with van der Waals surface area (Å²) in [7, 11) is 0. The Morgan fingerprint density at radius 3 is 2.07 bits per heavy atom. The number of alkyl halides is 2. The van der Waals surface area contributed by atoms with Gasteiger partial charge >= 0.3 is 5.92 Å². The molecule has 0 amide bonds. The number of rotatable bonds is 3. The van der Waals surface area contributed by atoms with Crippen LogP contribution in [-0.4, -0.2) is 11.7 Å². The van der Waals surface area contributed by atoms with Crippen molar-refractivity contribution in [3.05, 3.63) is 0 Å². The summed E-state index contributed by atoms with van der Waals surface area (Å²) in [5.41, 5.74) is 0. The maximum absolute atomic E-state index is 13.2. The Morgan fingerprint density at radius 1 is 1.20 bits per heavy atom. The molecule has 0 N–H and O–H groups in total. The van der Waals surface area contributed by atoms with Crippen molar-refractivity contribution in [1.29, 1.82) is 0 Å². The Hall–Kier alpha value is -0.470. The number of ketones is 1. The van der Waals surface area contributed by atoms with Crippen LogP contribution in [0.25, 0.3) is 0 Å². The summed E-state index contributed by atoms with van der Waals surface area (Å²) in [5.74, 6) is -3.56. The lowest BCUT2D eigenvalue weighted by Crippen LogP contribution is -2.37. The van der Waals surface area contributed by atoms with Crippen LogP contribution in [0.1, 0.15) is 46.5 Å². The lowest BCUT2D eigenvalue weighted by atomic mass is 9.74. The molecule has 88 valence electrons. The molecule has 0 spiro atoms. The Bertz CT molecular complexity index is 228. The van der Waals surface area contributed by atoms with Crippen molar-refractivity contribution in [1.82, 2.24) is 0 Å². The minimum Gasteiger partial charge on any atom is -0.293 e. The monoisotopic (exact) mass is 218 g/mol. The SMILES string of the molecule is CCC(F)(F)C(=O)C1CC(C)CC(C)C1. The maximum atomic E-state index is 13.2. The molecule has 0 bridgehead atoms. The molecular weight excluding hydrogens is 198 g/mol. The largest absolute Gasteiger partial charge is 0.305 e. The van der Waals surface area contributed by atoms with E-state index in [9.17, 15) is 13.6 Å². The molecule has 0 heterocycles. The van der Waals surface area contributed by atoms with Crippen molar-refractivity contribution in [2.24, 2.45) is 17.8 Å². The average Bonchev–Trinajstić information content (AvgIpc) is 2.15. The molecule has 1 aliphatic rings. The number of carbonyl (C=O) groups is 1. The third kappa shape index (κ3) is 2.99. The van der Waals surface area contributed by atoms with Crippen LogP contribution >= 0.6 is 0 Å². The van der Waals surface area contributed by atoms with Gasteiger partial charge in [-0.15, -0.1) is 0 Å². The molecule has 0 aromatic rings. The first kappa shape index (κ1) is 12.6. The zero-order valence-electron chi connectivity index (χ0n) is 9.72. The number of halogens is 2. The van der Waals surface area contributed by atoms with Crippen LogP contribution in [0.2, 0.25) is 0 Å². The van der Waals surface area contributed by atoms with Gasteiger partial charge in [0, 0.05) is 12.3 Å². The molecule has 1 rings (SSSR count). The molecule has 0 aliphatic heterocycles. The molecular formula is C12H20F2O. The molecule has 2 atom stereocenters. The van der Waals surface area contributed by atoms with Gasteiger partial charge < -0.3 is 0 Å². The summed E-state index contributed by atoms with van der Waals surface area (Å²) >= 11 is 0. The molecule has 1 nitrogen and oxygen atoms in total. The maximum Gasteiger partial charge on any atom is 0.305 e. The molecule has 0 radical (unpaired) electrons. The number of hydrogen-bond acceptors (Lipinski definition) is 1. The fourth-order valence-electron chi connectivity index (χ4n) is 2.63. The van der Waals surface area contributed by atoms with Crippen LogP contribution in [0.15, 0.2) is 0 Å². The summed E-state index contributed by atoms with van der Waals surface area (Å²) < 4.78 is 26.5. The van der Waals surface area contributed by atoms with Crippen molar-refractivity contribution >= 4 is 5.78 Å². The molecule has 0 aromatic carbocycles. The number of carbonyl (C=O) groups excluding carboxylic acids is 1. The zero-order chi connectivity index (χ0) is 11.6. The van der Waals surface area contributed by atoms with Gasteiger partial charge in [-0.1, -0.05) is 20.8 Å². The van der Waals surface area contributed by atoms with E-state index in [1.807, 2.05) is 13.8 Å². The first-order valence-corrected chi connectivity index (χ1v) is 5.79. The summed E-state index contributed by atoms with van der Waals surface area (Å²) in [4.78, 5) is 11.6. The van der Waals surface area contributed by atoms with E-state index in [4.69, 9.17) is 0 Å². The highest BCUT2D eigenvalue weighted by molar-refractivity contribution is 5.87. The van der Waals surface area contributed by atoms with E-state index in [1.165, 1.54) is 6.92 Å². The zero-order valence-corrected chi connectivity index (χ0v) is 9.72. The average molecular weight is 218 g/mol. The van der Waals surface area contributed by atoms with Crippen LogP contribution in [0.3, 0.4) is 0 Å². The van der Waals surface area contributed by atoms with Crippen LogP contribution in [0.4, 0.5) is 8.78 Å². The molecule has 0 saturated heterocycles. The standard InChI is InChI=1S/C12H20F2O/c1-4-12(13,14)11(15)10-6-8(2)5-9(3)7-10/h8-10H,4-7H2,1-3H3. The van der Waals surface area contributed by atoms with E-state index in [0.29, 0.717) is 24.7 Å². The lowest BCUT2D eigenvalue weighted by molar-refractivity contribution is -0.150. The van der Waals surface area contributed by atoms with E-state index in [1.54, 1.807) is 0 Å². The Labute approximate surface area is 90.2 Å². The van der Waals surface area contributed by atoms with Crippen LogP contribution in [0.5, 0.6) is 0 Å². The third-order valence-corrected chi connectivity index (χ3v) is 3.35. The third-order valence-electron chi connectivity index (χ3n) is 3.35. The van der Waals surface area contributed by atoms with Crippen LogP contribution in [0, 0.1) is 17.8 Å². The summed E-state index contributed by atoms with van der Waals surface area (Å²) in [6, 6.07) is 0. The first-order chi connectivity index (χ1) is 6.86. The van der Waals surface area contributed by atoms with E-state index in [0.717, 1.165) is 6.42 Å². The van der Waals surface area contributed by atoms with Crippen molar-refractivity contribution in [2.45, 2.75) is 52.4 Å². The van der Waals surface area contributed by atoms with Gasteiger partial charge in [-0.25, -0.2) is 0 Å². The second kappa shape index (κ2) is 4.58. The van der Waals surface area contributed by atoms with Crippen LogP contribution in [-0.2, 0) is 4.79 Å². The molecule has 2 unspecified atom stereocenters. The first-order valence-electron chi connectivity index (χ1n) is 5.79. The van der Waals surface area contributed by atoms with Gasteiger partial charge in [0.15, 0.2) is 0 Å². The molecule has 1 fully saturated rings. The second-order valence-corrected chi connectivity index (χ2v) is 5.04. The van der Waals surface area contributed by atoms with Gasteiger partial charge in [0.05, 0.1) is 0 Å². The Kier molecular flexibility index (Phi) is 3.85. The summed E-state index contributed by atoms with van der Waals surface area (Å²) in [6.07, 6.45) is 1.96. The van der Waals surface area contributed by atoms with Gasteiger partial charge in [-0.2, -0.15) is 8.78 Å². The number of Topliss-reactive ketones (excluding diaryl/α,β-unsaturated/α-hetero) is 1. The quantitative estimate of drug-likeness (QED) is 0.706. The highest BCUT2D eigenvalue weighted by Gasteiger charge is 2.42. The van der Waals surface area contributed by atoms with E-state index in [2.05, 4.69) is 0 Å². The molecule has 1 saturated carbocycles. The van der Waals surface area contributed by atoms with Crippen molar-refractivity contribution in [3.63, 3.8) is 0 Å². The van der Waals surface area contributed by atoms with E-state index < -0.39 is 17.6 Å².